The highest BCUT2D eigenvalue weighted by Crippen LogP contribution is 2.15. The third-order valence-electron chi connectivity index (χ3n) is 4.46. The van der Waals surface area contributed by atoms with Crippen LogP contribution in [0.5, 0.6) is 0 Å². The van der Waals surface area contributed by atoms with Gasteiger partial charge in [-0.3, -0.25) is 19.3 Å². The highest BCUT2D eigenvalue weighted by molar-refractivity contribution is 5.98. The average molecular weight is 383 g/mol. The molecular weight excluding hydrogens is 358 g/mol. The molecule has 148 valence electrons. The van der Waals surface area contributed by atoms with Crippen molar-refractivity contribution in [2.75, 3.05) is 44.7 Å². The van der Waals surface area contributed by atoms with Crippen molar-refractivity contribution in [1.82, 2.24) is 25.3 Å². The molecule has 0 saturated carbocycles. The predicted octanol–water partition coefficient (Wildman–Crippen LogP) is 0.0741. The maximum atomic E-state index is 12.5. The molecule has 2 N–H and O–H groups in total. The molecule has 28 heavy (non-hydrogen) atoms. The predicted molar refractivity (Wildman–Crippen MR) is 107 cm³/mol. The molecule has 1 aliphatic heterocycles. The first-order chi connectivity index (χ1) is 13.6. The summed E-state index contributed by atoms with van der Waals surface area (Å²) in [5.74, 6) is 0.533. The summed E-state index contributed by atoms with van der Waals surface area (Å²) >= 11 is 0. The Bertz CT molecular complexity index is 847. The van der Waals surface area contributed by atoms with Gasteiger partial charge >= 0.3 is 0 Å². The number of anilines is 1. The fourth-order valence-corrected chi connectivity index (χ4v) is 3.05. The lowest BCUT2D eigenvalue weighted by molar-refractivity contribution is -0.120. The van der Waals surface area contributed by atoms with Crippen LogP contribution in [0.1, 0.15) is 10.4 Å². The number of nitrogens with zero attached hydrogens (tertiary/aromatic N) is 5. The van der Waals surface area contributed by atoms with E-state index in [0.717, 1.165) is 5.69 Å². The van der Waals surface area contributed by atoms with Gasteiger partial charge in [-0.2, -0.15) is 5.10 Å². The van der Waals surface area contributed by atoms with Gasteiger partial charge < -0.3 is 20.4 Å². The number of piperazine rings is 1. The molecule has 0 spiro atoms. The Morgan fingerprint density at radius 3 is 2.57 bits per heavy atom. The SMILES string of the molecule is CN=C(NCCNC(=O)c1ccccc1)N1CCN(c2cnn(C)c2)C(=O)C1. The van der Waals surface area contributed by atoms with Crippen molar-refractivity contribution in [3.8, 4) is 0 Å². The van der Waals surface area contributed by atoms with E-state index in [1.165, 1.54) is 0 Å². The third-order valence-corrected chi connectivity index (χ3v) is 4.46. The fourth-order valence-electron chi connectivity index (χ4n) is 3.05. The molecule has 0 radical (unpaired) electrons. The van der Waals surface area contributed by atoms with Crippen LogP contribution in [0.25, 0.3) is 0 Å². The van der Waals surface area contributed by atoms with Crippen molar-refractivity contribution in [2.45, 2.75) is 0 Å². The van der Waals surface area contributed by atoms with Crippen molar-refractivity contribution in [3.63, 3.8) is 0 Å². The Kier molecular flexibility index (Phi) is 6.25. The number of amides is 2. The largest absolute Gasteiger partial charge is 0.354 e. The molecule has 0 bridgehead atoms. The summed E-state index contributed by atoms with van der Waals surface area (Å²) in [7, 11) is 3.51. The molecule has 1 saturated heterocycles. The van der Waals surface area contributed by atoms with Gasteiger partial charge in [0.15, 0.2) is 5.96 Å². The van der Waals surface area contributed by atoms with Crippen LogP contribution in [0, 0.1) is 0 Å². The molecule has 2 aromatic rings. The molecule has 1 aromatic carbocycles. The molecule has 1 fully saturated rings. The standard InChI is InChI=1S/C19H25N7O2/c1-20-19(22-9-8-21-18(28)15-6-4-3-5-7-15)25-10-11-26(17(27)14-25)16-12-23-24(2)13-16/h3-7,12-13H,8-11,14H2,1-2H3,(H,20,22)(H,21,28). The minimum atomic E-state index is -0.113. The smallest absolute Gasteiger partial charge is 0.251 e. The van der Waals surface area contributed by atoms with Crippen LogP contribution in [0.15, 0.2) is 47.7 Å². The summed E-state index contributed by atoms with van der Waals surface area (Å²) in [5.41, 5.74) is 1.43. The summed E-state index contributed by atoms with van der Waals surface area (Å²) < 4.78 is 1.68. The molecule has 2 amide bonds. The Labute approximate surface area is 164 Å². The van der Waals surface area contributed by atoms with Gasteiger partial charge in [0.25, 0.3) is 5.91 Å². The number of rotatable bonds is 5. The zero-order valence-corrected chi connectivity index (χ0v) is 16.1. The van der Waals surface area contributed by atoms with Gasteiger partial charge in [-0.1, -0.05) is 18.2 Å². The number of carbonyl (C=O) groups is 2. The molecule has 9 heteroatoms. The van der Waals surface area contributed by atoms with Crippen LogP contribution in [-0.2, 0) is 11.8 Å². The molecule has 1 aromatic heterocycles. The first-order valence-electron chi connectivity index (χ1n) is 9.16. The number of hydrogen-bond acceptors (Lipinski definition) is 4. The van der Waals surface area contributed by atoms with Crippen LogP contribution in [0.2, 0.25) is 0 Å². The Morgan fingerprint density at radius 1 is 1.18 bits per heavy atom. The molecule has 3 rings (SSSR count). The van der Waals surface area contributed by atoms with E-state index in [1.54, 1.807) is 35.0 Å². The molecule has 2 heterocycles. The van der Waals surface area contributed by atoms with Crippen molar-refractivity contribution < 1.29 is 9.59 Å². The Morgan fingerprint density at radius 2 is 1.93 bits per heavy atom. The van der Waals surface area contributed by atoms with E-state index in [0.29, 0.717) is 37.7 Å². The van der Waals surface area contributed by atoms with Gasteiger partial charge in [0.05, 0.1) is 11.9 Å². The van der Waals surface area contributed by atoms with E-state index in [9.17, 15) is 9.59 Å². The molecule has 0 unspecified atom stereocenters. The quantitative estimate of drug-likeness (QED) is 0.433. The summed E-state index contributed by atoms with van der Waals surface area (Å²) in [6.07, 6.45) is 3.52. The maximum Gasteiger partial charge on any atom is 0.251 e. The van der Waals surface area contributed by atoms with Crippen LogP contribution in [0.4, 0.5) is 5.69 Å². The summed E-state index contributed by atoms with van der Waals surface area (Å²) in [6.45, 7) is 2.44. The number of nitrogens with one attached hydrogen (secondary N) is 2. The van der Waals surface area contributed by atoms with Crippen molar-refractivity contribution in [1.29, 1.82) is 0 Å². The minimum Gasteiger partial charge on any atom is -0.354 e. The van der Waals surface area contributed by atoms with Crippen LogP contribution < -0.4 is 15.5 Å². The summed E-state index contributed by atoms with van der Waals surface area (Å²) in [5, 5.41) is 10.2. The van der Waals surface area contributed by atoms with Crippen LogP contribution >= 0.6 is 0 Å². The number of aromatic nitrogens is 2. The van der Waals surface area contributed by atoms with E-state index >= 15 is 0 Å². The van der Waals surface area contributed by atoms with E-state index < -0.39 is 0 Å². The van der Waals surface area contributed by atoms with E-state index in [-0.39, 0.29) is 18.4 Å². The lowest BCUT2D eigenvalue weighted by Gasteiger charge is -2.35. The van der Waals surface area contributed by atoms with E-state index in [1.807, 2.05) is 36.3 Å². The minimum absolute atomic E-state index is 0.000389. The van der Waals surface area contributed by atoms with E-state index in [2.05, 4.69) is 20.7 Å². The molecule has 0 aliphatic carbocycles. The Balaban J connectivity index is 1.45. The number of benzene rings is 1. The van der Waals surface area contributed by atoms with Gasteiger partial charge in [-0.15, -0.1) is 0 Å². The number of carbonyl (C=O) groups excluding carboxylic acids is 2. The normalized spacial score (nSPS) is 14.9. The molecule has 0 atom stereocenters. The number of hydrogen-bond donors (Lipinski definition) is 2. The molecule has 9 nitrogen and oxygen atoms in total. The van der Waals surface area contributed by atoms with Gasteiger partial charge in [0.1, 0.15) is 6.54 Å². The lowest BCUT2D eigenvalue weighted by atomic mass is 10.2. The zero-order chi connectivity index (χ0) is 19.9. The second-order valence-electron chi connectivity index (χ2n) is 6.44. The summed E-state index contributed by atoms with van der Waals surface area (Å²) in [6, 6.07) is 9.08. The van der Waals surface area contributed by atoms with Gasteiger partial charge in [0, 0.05) is 52.0 Å². The number of aryl methyl sites for hydroxylation is 1. The van der Waals surface area contributed by atoms with Crippen molar-refractivity contribution in [3.05, 3.63) is 48.3 Å². The maximum absolute atomic E-state index is 12.5. The van der Waals surface area contributed by atoms with Crippen molar-refractivity contribution >= 4 is 23.5 Å². The first-order valence-corrected chi connectivity index (χ1v) is 9.16. The highest BCUT2D eigenvalue weighted by atomic mass is 16.2. The Hall–Kier alpha value is -3.36. The fraction of sp³-hybridized carbons (Fsp3) is 0.368. The van der Waals surface area contributed by atoms with Crippen LogP contribution in [0.3, 0.4) is 0 Å². The monoisotopic (exact) mass is 383 g/mol. The van der Waals surface area contributed by atoms with Gasteiger partial charge in [-0.05, 0) is 12.1 Å². The third kappa shape index (κ3) is 4.67. The van der Waals surface area contributed by atoms with Crippen molar-refractivity contribution in [2.24, 2.45) is 12.0 Å². The highest BCUT2D eigenvalue weighted by Gasteiger charge is 2.27. The first kappa shape index (κ1) is 19.4. The average Bonchev–Trinajstić information content (AvgIpc) is 3.14. The topological polar surface area (TPSA) is 94.9 Å². The molecule has 1 aliphatic rings. The number of aliphatic imine (C=N–C) groups is 1. The number of guanidine groups is 1. The summed E-state index contributed by atoms with van der Waals surface area (Å²) in [4.78, 5) is 32.5. The van der Waals surface area contributed by atoms with Gasteiger partial charge in [0.2, 0.25) is 5.91 Å². The lowest BCUT2D eigenvalue weighted by Crippen LogP contribution is -2.55. The second-order valence-corrected chi connectivity index (χ2v) is 6.44. The van der Waals surface area contributed by atoms with E-state index in [4.69, 9.17) is 0 Å². The molecular formula is C19H25N7O2. The van der Waals surface area contributed by atoms with Gasteiger partial charge in [-0.25, -0.2) is 0 Å². The zero-order valence-electron chi connectivity index (χ0n) is 16.1. The van der Waals surface area contributed by atoms with Crippen LogP contribution in [-0.4, -0.2) is 72.2 Å². The second kappa shape index (κ2) is 9.03.